The number of aromatic nitrogens is 1. The molecule has 4 unspecified atom stereocenters. The molecule has 3 N–H and O–H groups in total. The number of fused-ring (bicyclic) bond motifs is 1. The molecule has 1 aliphatic heterocycles. The Morgan fingerprint density at radius 3 is 2.67 bits per heavy atom. The zero-order chi connectivity index (χ0) is 28.1. The van der Waals surface area contributed by atoms with Gasteiger partial charge in [-0.25, -0.2) is 4.39 Å². The molecule has 4 atom stereocenters. The van der Waals surface area contributed by atoms with E-state index in [-0.39, 0.29) is 17.9 Å². The van der Waals surface area contributed by atoms with Crippen molar-refractivity contribution >= 4 is 11.6 Å². The van der Waals surface area contributed by atoms with E-state index in [0.717, 1.165) is 61.2 Å². The number of nitrogens with one attached hydrogen (secondary N) is 2. The number of rotatable bonds is 6. The molecular weight excluding hydrogens is 499 g/mol. The molecule has 6 heteroatoms. The van der Waals surface area contributed by atoms with Gasteiger partial charge in [0, 0.05) is 36.0 Å². The van der Waals surface area contributed by atoms with Crippen LogP contribution in [0.3, 0.4) is 0 Å². The van der Waals surface area contributed by atoms with E-state index < -0.39 is 6.35 Å². The highest BCUT2D eigenvalue weighted by Crippen LogP contribution is 2.38. The lowest BCUT2D eigenvalue weighted by atomic mass is 9.81. The quantitative estimate of drug-likeness (QED) is 0.231. The summed E-state index contributed by atoms with van der Waals surface area (Å²) in [6, 6.07) is 18.6. The number of nitrogens with zero attached hydrogens (tertiary/aromatic N) is 2. The Labute approximate surface area is 236 Å². The average Bonchev–Trinajstić information content (AvgIpc) is 3.34. The van der Waals surface area contributed by atoms with E-state index in [1.807, 2.05) is 37.3 Å². The van der Waals surface area contributed by atoms with Crippen LogP contribution in [0.5, 0.6) is 0 Å². The molecule has 2 aliphatic rings. The number of H-pyrrole nitrogens is 1. The smallest absolute Gasteiger partial charge is 0.163 e. The number of halogens is 1. The summed E-state index contributed by atoms with van der Waals surface area (Å²) in [7, 11) is 0. The number of aliphatic hydroxyl groups is 1. The molecule has 40 heavy (non-hydrogen) atoms. The van der Waals surface area contributed by atoms with Crippen LogP contribution < -0.4 is 5.32 Å². The molecule has 3 aromatic rings. The first kappa shape index (κ1) is 27.8. The van der Waals surface area contributed by atoms with Gasteiger partial charge in [-0.1, -0.05) is 36.8 Å². The van der Waals surface area contributed by atoms with E-state index in [9.17, 15) is 14.8 Å². The summed E-state index contributed by atoms with van der Waals surface area (Å²) in [6.45, 7) is 5.02. The van der Waals surface area contributed by atoms with Crippen molar-refractivity contribution < 1.29 is 9.50 Å². The summed E-state index contributed by atoms with van der Waals surface area (Å²) in [5.74, 6) is 0.0897. The lowest BCUT2D eigenvalue weighted by Gasteiger charge is -2.39. The topological polar surface area (TPSA) is 75.1 Å². The molecule has 2 aromatic carbocycles. The Bertz CT molecular complexity index is 1440. The molecule has 206 valence electrons. The SMILES string of the molecule is CC(NC(O)N1CCCCC(C2=CCC=C=Cc3[nH]c(-c4ccc(C#N)cc4)cc32)CC1C)c1ccc(F)cc1. The number of allylic oxidation sites excluding steroid dienone is 3. The summed E-state index contributed by atoms with van der Waals surface area (Å²) in [6.07, 6.45) is 10.6. The standard InChI is InChI=1S/C34H37FN4O/c1-23-20-28(8-6-7-19-39(23)34(40)37-24(2)26-15-17-29(35)18-16-26)30-9-4-3-5-10-32-31(30)21-33(38-32)27-13-11-25(22-36)12-14-27/h3,9-18,21,23-24,28,34,37-38,40H,4,6-8,19-20H2,1-2H3. The zero-order valence-corrected chi connectivity index (χ0v) is 23.2. The van der Waals surface area contributed by atoms with E-state index in [1.54, 1.807) is 12.1 Å². The van der Waals surface area contributed by atoms with Crippen molar-refractivity contribution in [1.29, 1.82) is 5.26 Å². The second-order valence-electron chi connectivity index (χ2n) is 10.9. The molecular formula is C34H37FN4O. The van der Waals surface area contributed by atoms with Gasteiger partial charge in [0.15, 0.2) is 6.35 Å². The van der Waals surface area contributed by atoms with E-state index in [4.69, 9.17) is 0 Å². The fourth-order valence-electron chi connectivity index (χ4n) is 5.98. The van der Waals surface area contributed by atoms with Gasteiger partial charge < -0.3 is 10.1 Å². The molecule has 5 nitrogen and oxygen atoms in total. The van der Waals surface area contributed by atoms with Crippen molar-refractivity contribution in [3.63, 3.8) is 0 Å². The predicted octanol–water partition coefficient (Wildman–Crippen LogP) is 7.16. The van der Waals surface area contributed by atoms with Gasteiger partial charge in [-0.2, -0.15) is 5.26 Å². The van der Waals surface area contributed by atoms with E-state index in [1.165, 1.54) is 23.3 Å². The Hall–Kier alpha value is -3.72. The molecule has 0 spiro atoms. The number of hydrogen-bond acceptors (Lipinski definition) is 4. The second-order valence-corrected chi connectivity index (χ2v) is 10.9. The minimum atomic E-state index is -0.795. The molecule has 1 saturated heterocycles. The predicted molar refractivity (Wildman–Crippen MR) is 158 cm³/mol. The third kappa shape index (κ3) is 6.36. The van der Waals surface area contributed by atoms with Crippen LogP contribution in [0, 0.1) is 23.1 Å². The van der Waals surface area contributed by atoms with E-state index in [2.05, 4.69) is 52.1 Å². The van der Waals surface area contributed by atoms with Gasteiger partial charge in [-0.05, 0) is 98.6 Å². The van der Waals surface area contributed by atoms with Gasteiger partial charge in [-0.3, -0.25) is 10.2 Å². The maximum Gasteiger partial charge on any atom is 0.163 e. The molecule has 0 saturated carbocycles. The van der Waals surface area contributed by atoms with Crippen molar-refractivity contribution in [2.24, 2.45) is 5.92 Å². The third-order valence-corrected chi connectivity index (χ3v) is 8.22. The number of aliphatic hydroxyl groups excluding tert-OH is 1. The monoisotopic (exact) mass is 536 g/mol. The minimum absolute atomic E-state index is 0.112. The number of nitriles is 1. The van der Waals surface area contributed by atoms with Crippen molar-refractivity contribution in [1.82, 2.24) is 15.2 Å². The van der Waals surface area contributed by atoms with Crippen LogP contribution >= 0.6 is 0 Å². The van der Waals surface area contributed by atoms with Crippen LogP contribution in [-0.2, 0) is 0 Å². The summed E-state index contributed by atoms with van der Waals surface area (Å²) in [5.41, 5.74) is 10.5. The third-order valence-electron chi connectivity index (χ3n) is 8.22. The van der Waals surface area contributed by atoms with Crippen LogP contribution in [-0.4, -0.2) is 33.9 Å². The van der Waals surface area contributed by atoms with Gasteiger partial charge in [0.25, 0.3) is 0 Å². The van der Waals surface area contributed by atoms with E-state index in [0.29, 0.717) is 11.5 Å². The van der Waals surface area contributed by atoms with Crippen LogP contribution in [0.25, 0.3) is 22.9 Å². The highest BCUT2D eigenvalue weighted by Gasteiger charge is 2.30. The first-order chi connectivity index (χ1) is 19.4. The van der Waals surface area contributed by atoms with E-state index >= 15 is 0 Å². The molecule has 1 fully saturated rings. The average molecular weight is 537 g/mol. The van der Waals surface area contributed by atoms with Gasteiger partial charge >= 0.3 is 0 Å². The van der Waals surface area contributed by atoms with Crippen LogP contribution in [0.4, 0.5) is 4.39 Å². The fraction of sp³-hybridized carbons (Fsp3) is 0.353. The molecule has 0 amide bonds. The molecule has 1 aliphatic carbocycles. The second kappa shape index (κ2) is 12.6. The van der Waals surface area contributed by atoms with Gasteiger partial charge in [0.05, 0.1) is 17.3 Å². The number of benzene rings is 2. The fourth-order valence-corrected chi connectivity index (χ4v) is 5.98. The summed E-state index contributed by atoms with van der Waals surface area (Å²) in [4.78, 5) is 5.75. The lowest BCUT2D eigenvalue weighted by molar-refractivity contribution is -0.0577. The minimum Gasteiger partial charge on any atom is -0.365 e. The van der Waals surface area contributed by atoms with Crippen molar-refractivity contribution in [3.8, 4) is 17.3 Å². The number of hydrogen-bond donors (Lipinski definition) is 3. The van der Waals surface area contributed by atoms with Gasteiger partial charge in [0.1, 0.15) is 5.82 Å². The normalized spacial score (nSPS) is 21.2. The maximum absolute atomic E-state index is 13.4. The lowest BCUT2D eigenvalue weighted by Crippen LogP contribution is -2.51. The highest BCUT2D eigenvalue weighted by molar-refractivity contribution is 5.79. The first-order valence-corrected chi connectivity index (χ1v) is 14.2. The molecule has 0 radical (unpaired) electrons. The summed E-state index contributed by atoms with van der Waals surface area (Å²) < 4.78 is 13.4. The largest absolute Gasteiger partial charge is 0.365 e. The van der Waals surface area contributed by atoms with Gasteiger partial charge in [-0.15, -0.1) is 5.73 Å². The molecule has 0 bridgehead atoms. The van der Waals surface area contributed by atoms with Crippen molar-refractivity contribution in [3.05, 3.63) is 101 Å². The first-order valence-electron chi connectivity index (χ1n) is 14.2. The number of aromatic amines is 1. The molecule has 2 heterocycles. The highest BCUT2D eigenvalue weighted by atomic mass is 19.1. The number of likely N-dealkylation sites (tertiary alicyclic amines) is 1. The maximum atomic E-state index is 13.4. The van der Waals surface area contributed by atoms with Crippen LogP contribution in [0.15, 0.2) is 72.5 Å². The Kier molecular flexibility index (Phi) is 8.79. The summed E-state index contributed by atoms with van der Waals surface area (Å²) in [5, 5.41) is 23.7. The Morgan fingerprint density at radius 2 is 1.93 bits per heavy atom. The molecule has 1 aromatic heterocycles. The van der Waals surface area contributed by atoms with Crippen molar-refractivity contribution in [2.75, 3.05) is 6.54 Å². The Balaban J connectivity index is 1.35. The van der Waals surface area contributed by atoms with Gasteiger partial charge in [0.2, 0.25) is 0 Å². The summed E-state index contributed by atoms with van der Waals surface area (Å²) >= 11 is 0. The Morgan fingerprint density at radius 1 is 1.15 bits per heavy atom. The zero-order valence-electron chi connectivity index (χ0n) is 23.2. The van der Waals surface area contributed by atoms with Crippen molar-refractivity contribution in [2.45, 2.75) is 64.4 Å². The molecule has 5 rings (SSSR count). The van der Waals surface area contributed by atoms with Crippen LogP contribution in [0.2, 0.25) is 0 Å². The van der Waals surface area contributed by atoms with Crippen LogP contribution in [0.1, 0.15) is 74.4 Å².